The highest BCUT2D eigenvalue weighted by Gasteiger charge is 2.31. The molecule has 1 saturated heterocycles. The molecule has 0 aliphatic carbocycles. The van der Waals surface area contributed by atoms with E-state index < -0.39 is 0 Å². The summed E-state index contributed by atoms with van der Waals surface area (Å²) in [5.74, 6) is -0.470. The van der Waals surface area contributed by atoms with Crippen LogP contribution < -0.4 is 10.2 Å². The zero-order chi connectivity index (χ0) is 17.3. The van der Waals surface area contributed by atoms with Crippen molar-refractivity contribution < 1.29 is 9.18 Å². The minimum atomic E-state index is -0.368. The van der Waals surface area contributed by atoms with Crippen molar-refractivity contribution in [3.63, 3.8) is 0 Å². The number of para-hydroxylation sites is 1. The van der Waals surface area contributed by atoms with Crippen LogP contribution in [0, 0.1) is 5.82 Å². The van der Waals surface area contributed by atoms with Crippen LogP contribution in [0.2, 0.25) is 0 Å². The van der Waals surface area contributed by atoms with E-state index in [1.807, 2.05) is 10.9 Å². The number of hydrogen-bond acceptors (Lipinski definition) is 3. The van der Waals surface area contributed by atoms with Crippen LogP contribution in [-0.4, -0.2) is 28.3 Å². The second-order valence-corrected chi connectivity index (χ2v) is 7.12. The number of hydrogen-bond donors (Lipinski definition) is 1. The van der Waals surface area contributed by atoms with Gasteiger partial charge in [0.1, 0.15) is 11.9 Å². The van der Waals surface area contributed by atoms with Gasteiger partial charge in [-0.05, 0) is 45.7 Å². The smallest absolute Gasteiger partial charge is 0.249 e. The Hall–Kier alpha value is -2.37. The molecule has 1 fully saturated rings. The van der Waals surface area contributed by atoms with Gasteiger partial charge in [-0.15, -0.1) is 0 Å². The third-order valence-electron chi connectivity index (χ3n) is 4.19. The van der Waals surface area contributed by atoms with Gasteiger partial charge in [-0.1, -0.05) is 12.1 Å². The van der Waals surface area contributed by atoms with Crippen LogP contribution in [0.25, 0.3) is 0 Å². The molecule has 0 radical (unpaired) electrons. The molecular weight excluding hydrogens is 307 g/mol. The minimum absolute atomic E-state index is 0.102. The predicted octanol–water partition coefficient (Wildman–Crippen LogP) is 3.38. The van der Waals surface area contributed by atoms with Gasteiger partial charge >= 0.3 is 0 Å². The van der Waals surface area contributed by atoms with E-state index in [2.05, 4.69) is 31.2 Å². The molecule has 1 unspecified atom stereocenters. The summed E-state index contributed by atoms with van der Waals surface area (Å²) in [7, 11) is 0. The molecule has 1 aromatic heterocycles. The number of anilines is 2. The average molecular weight is 330 g/mol. The molecule has 6 heteroatoms. The summed E-state index contributed by atoms with van der Waals surface area (Å²) in [5.41, 5.74) is 1.04. The summed E-state index contributed by atoms with van der Waals surface area (Å²) < 4.78 is 15.9. The van der Waals surface area contributed by atoms with E-state index in [0.717, 1.165) is 18.5 Å². The van der Waals surface area contributed by atoms with Gasteiger partial charge in [0.05, 0.1) is 23.1 Å². The van der Waals surface area contributed by atoms with E-state index in [9.17, 15) is 9.18 Å². The quantitative estimate of drug-likeness (QED) is 0.938. The lowest BCUT2D eigenvalue weighted by Gasteiger charge is -2.33. The SMILES string of the molecule is CC(C)(C)n1cc(NC2CCCN(c3ccccc3F)C2=O)cn1. The number of aromatic nitrogens is 2. The van der Waals surface area contributed by atoms with Crippen LogP contribution in [0.3, 0.4) is 0 Å². The van der Waals surface area contributed by atoms with Gasteiger partial charge in [-0.2, -0.15) is 5.10 Å². The number of nitrogens with one attached hydrogen (secondary N) is 1. The van der Waals surface area contributed by atoms with Gasteiger partial charge in [-0.25, -0.2) is 4.39 Å². The number of carbonyl (C=O) groups excluding carboxylic acids is 1. The summed E-state index contributed by atoms with van der Waals surface area (Å²) in [6.45, 7) is 6.74. The summed E-state index contributed by atoms with van der Waals surface area (Å²) in [5, 5.41) is 7.58. The second-order valence-electron chi connectivity index (χ2n) is 7.12. The molecule has 0 spiro atoms. The maximum Gasteiger partial charge on any atom is 0.249 e. The first-order valence-electron chi connectivity index (χ1n) is 8.24. The lowest BCUT2D eigenvalue weighted by molar-refractivity contribution is -0.120. The predicted molar refractivity (Wildman–Crippen MR) is 92.6 cm³/mol. The molecule has 1 N–H and O–H groups in total. The first-order chi connectivity index (χ1) is 11.4. The first kappa shape index (κ1) is 16.5. The molecule has 1 aliphatic heterocycles. The van der Waals surface area contributed by atoms with Gasteiger partial charge in [-0.3, -0.25) is 9.48 Å². The summed E-state index contributed by atoms with van der Waals surface area (Å²) in [4.78, 5) is 14.3. The van der Waals surface area contributed by atoms with Crippen LogP contribution in [0.4, 0.5) is 15.8 Å². The average Bonchev–Trinajstić information content (AvgIpc) is 2.99. The highest BCUT2D eigenvalue weighted by atomic mass is 19.1. The Morgan fingerprint density at radius 1 is 1.29 bits per heavy atom. The zero-order valence-corrected chi connectivity index (χ0v) is 14.3. The lowest BCUT2D eigenvalue weighted by Crippen LogP contribution is -2.48. The number of benzene rings is 1. The van der Waals surface area contributed by atoms with Crippen LogP contribution in [0.15, 0.2) is 36.7 Å². The van der Waals surface area contributed by atoms with E-state index in [4.69, 9.17) is 0 Å². The number of carbonyl (C=O) groups is 1. The fraction of sp³-hybridized carbons (Fsp3) is 0.444. The van der Waals surface area contributed by atoms with Gasteiger partial charge in [0.25, 0.3) is 0 Å². The Morgan fingerprint density at radius 3 is 2.71 bits per heavy atom. The second kappa shape index (κ2) is 6.26. The molecule has 3 rings (SSSR count). The number of amides is 1. The molecule has 0 saturated carbocycles. The normalized spacial score (nSPS) is 18.8. The number of piperidine rings is 1. The van der Waals surface area contributed by atoms with E-state index in [0.29, 0.717) is 12.2 Å². The van der Waals surface area contributed by atoms with Crippen molar-refractivity contribution in [2.45, 2.75) is 45.2 Å². The number of rotatable bonds is 3. The molecule has 1 amide bonds. The maximum atomic E-state index is 14.0. The third-order valence-corrected chi connectivity index (χ3v) is 4.19. The van der Waals surface area contributed by atoms with Gasteiger partial charge in [0.2, 0.25) is 5.91 Å². The van der Waals surface area contributed by atoms with Crippen molar-refractivity contribution in [3.05, 3.63) is 42.5 Å². The minimum Gasteiger partial charge on any atom is -0.371 e. The maximum absolute atomic E-state index is 14.0. The molecule has 1 atom stereocenters. The third kappa shape index (κ3) is 3.27. The molecule has 1 aromatic carbocycles. The van der Waals surface area contributed by atoms with Gasteiger partial charge < -0.3 is 10.2 Å². The first-order valence-corrected chi connectivity index (χ1v) is 8.24. The Labute approximate surface area is 141 Å². The Morgan fingerprint density at radius 2 is 2.04 bits per heavy atom. The Bertz CT molecular complexity index is 735. The van der Waals surface area contributed by atoms with Gasteiger partial charge in [0, 0.05) is 12.7 Å². The van der Waals surface area contributed by atoms with E-state index in [1.54, 1.807) is 24.4 Å². The molecule has 128 valence electrons. The van der Waals surface area contributed by atoms with E-state index in [-0.39, 0.29) is 23.3 Å². The molecule has 0 bridgehead atoms. The van der Waals surface area contributed by atoms with Crippen molar-refractivity contribution in [1.82, 2.24) is 9.78 Å². The fourth-order valence-corrected chi connectivity index (χ4v) is 2.88. The molecule has 2 heterocycles. The van der Waals surface area contributed by atoms with Crippen LogP contribution >= 0.6 is 0 Å². The van der Waals surface area contributed by atoms with Crippen molar-refractivity contribution in [3.8, 4) is 0 Å². The zero-order valence-electron chi connectivity index (χ0n) is 14.3. The Balaban J connectivity index is 1.76. The van der Waals surface area contributed by atoms with Crippen molar-refractivity contribution >= 4 is 17.3 Å². The number of halogens is 1. The highest BCUT2D eigenvalue weighted by molar-refractivity contribution is 5.99. The molecule has 24 heavy (non-hydrogen) atoms. The molecular formula is C18H23FN4O. The largest absolute Gasteiger partial charge is 0.371 e. The van der Waals surface area contributed by atoms with Crippen molar-refractivity contribution in [2.24, 2.45) is 0 Å². The molecule has 2 aromatic rings. The van der Waals surface area contributed by atoms with E-state index in [1.165, 1.54) is 11.0 Å². The Kier molecular flexibility index (Phi) is 4.30. The van der Waals surface area contributed by atoms with Gasteiger partial charge in [0.15, 0.2) is 0 Å². The van der Waals surface area contributed by atoms with Crippen LogP contribution in [0.5, 0.6) is 0 Å². The van der Waals surface area contributed by atoms with Crippen molar-refractivity contribution in [2.75, 3.05) is 16.8 Å². The van der Waals surface area contributed by atoms with E-state index >= 15 is 0 Å². The topological polar surface area (TPSA) is 50.2 Å². The monoisotopic (exact) mass is 330 g/mol. The molecule has 5 nitrogen and oxygen atoms in total. The molecule has 1 aliphatic rings. The van der Waals surface area contributed by atoms with Crippen LogP contribution in [0.1, 0.15) is 33.6 Å². The number of nitrogens with zero attached hydrogens (tertiary/aromatic N) is 3. The van der Waals surface area contributed by atoms with Crippen molar-refractivity contribution in [1.29, 1.82) is 0 Å². The summed E-state index contributed by atoms with van der Waals surface area (Å²) in [6.07, 6.45) is 5.17. The highest BCUT2D eigenvalue weighted by Crippen LogP contribution is 2.26. The fourth-order valence-electron chi connectivity index (χ4n) is 2.88. The lowest BCUT2D eigenvalue weighted by atomic mass is 10.0. The van der Waals surface area contributed by atoms with Crippen LogP contribution in [-0.2, 0) is 10.3 Å². The summed E-state index contributed by atoms with van der Waals surface area (Å²) >= 11 is 0. The standard InChI is InChI=1S/C18H23FN4O/c1-18(2,3)23-12-13(11-20-23)21-15-8-6-10-22(17(15)24)16-9-5-4-7-14(16)19/h4-5,7,9,11-12,15,21H,6,8,10H2,1-3H3. The summed E-state index contributed by atoms with van der Waals surface area (Å²) in [6, 6.07) is 6.04.